The normalized spacial score (nSPS) is 14.0. The Balaban J connectivity index is 1.80. The number of aromatic nitrogens is 2. The molecule has 1 aliphatic rings. The van der Waals surface area contributed by atoms with Crippen molar-refractivity contribution in [1.82, 2.24) is 9.97 Å². The Hall–Kier alpha value is -2.88. The molecule has 0 saturated carbocycles. The summed E-state index contributed by atoms with van der Waals surface area (Å²) in [6.07, 6.45) is 6.20. The number of aromatic amines is 1. The lowest BCUT2D eigenvalue weighted by Gasteiger charge is -2.13. The molecular formula is C21H19FN2O. The van der Waals surface area contributed by atoms with Crippen LogP contribution in [0.5, 0.6) is 5.75 Å². The Morgan fingerprint density at radius 1 is 1.20 bits per heavy atom. The highest BCUT2D eigenvalue weighted by Gasteiger charge is 2.19. The van der Waals surface area contributed by atoms with E-state index in [2.05, 4.69) is 23.0 Å². The van der Waals surface area contributed by atoms with Gasteiger partial charge in [-0.05, 0) is 42.2 Å². The number of hydrogen-bond acceptors (Lipinski definition) is 2. The topological polar surface area (TPSA) is 48.9 Å². The molecule has 0 atom stereocenters. The van der Waals surface area contributed by atoms with Gasteiger partial charge in [-0.15, -0.1) is 0 Å². The zero-order valence-electron chi connectivity index (χ0n) is 14.0. The van der Waals surface area contributed by atoms with Crippen molar-refractivity contribution in [3.05, 3.63) is 76.9 Å². The predicted molar refractivity (Wildman–Crippen MR) is 97.9 cm³/mol. The molecule has 0 spiro atoms. The fourth-order valence-corrected chi connectivity index (χ4v) is 3.42. The van der Waals surface area contributed by atoms with Crippen LogP contribution in [0.15, 0.2) is 54.1 Å². The molecule has 4 heteroatoms. The molecule has 126 valence electrons. The number of benzene rings is 2. The Kier molecular flexibility index (Phi) is 3.88. The zero-order chi connectivity index (χ0) is 17.4. The Morgan fingerprint density at radius 3 is 2.84 bits per heavy atom. The molecule has 25 heavy (non-hydrogen) atoms. The van der Waals surface area contributed by atoms with E-state index in [1.807, 2.05) is 30.3 Å². The summed E-state index contributed by atoms with van der Waals surface area (Å²) in [6.45, 7) is 2.09. The number of halogens is 1. The average Bonchev–Trinajstić information content (AvgIpc) is 2.90. The average molecular weight is 334 g/mol. The fraction of sp³-hybridized carbons (Fsp3) is 0.190. The van der Waals surface area contributed by atoms with E-state index in [0.29, 0.717) is 12.8 Å². The van der Waals surface area contributed by atoms with Crippen LogP contribution in [0.1, 0.15) is 30.3 Å². The molecule has 0 amide bonds. The van der Waals surface area contributed by atoms with Gasteiger partial charge in [0.1, 0.15) is 17.4 Å². The van der Waals surface area contributed by atoms with Crippen LogP contribution >= 0.6 is 0 Å². The van der Waals surface area contributed by atoms with E-state index in [0.717, 1.165) is 40.0 Å². The first-order chi connectivity index (χ1) is 12.1. The van der Waals surface area contributed by atoms with E-state index < -0.39 is 5.82 Å². The molecular weight excluding hydrogens is 315 g/mol. The SMILES string of the molecule is CCC1=CC=C(Cc2nc3ccccc3[nH]2)c2c(O)cc(F)cc2C1. The van der Waals surface area contributed by atoms with E-state index in [1.54, 1.807) is 0 Å². The van der Waals surface area contributed by atoms with Crippen LogP contribution in [0.3, 0.4) is 0 Å². The number of fused-ring (bicyclic) bond motifs is 2. The maximum Gasteiger partial charge on any atom is 0.127 e. The number of phenolic OH excluding ortho intramolecular Hbond substituents is 1. The summed E-state index contributed by atoms with van der Waals surface area (Å²) in [5.74, 6) is 0.412. The number of allylic oxidation sites excluding steroid dienone is 4. The molecule has 0 fully saturated rings. The smallest absolute Gasteiger partial charge is 0.127 e. The number of rotatable bonds is 3. The first-order valence-corrected chi connectivity index (χ1v) is 8.48. The van der Waals surface area contributed by atoms with Crippen LogP contribution in [0, 0.1) is 5.82 Å². The van der Waals surface area contributed by atoms with Gasteiger partial charge in [0.15, 0.2) is 0 Å². The molecule has 1 aromatic heterocycles. The molecule has 0 bridgehead atoms. The molecule has 0 unspecified atom stereocenters. The van der Waals surface area contributed by atoms with Crippen molar-refractivity contribution in [3.8, 4) is 5.75 Å². The number of aromatic hydroxyl groups is 1. The summed E-state index contributed by atoms with van der Waals surface area (Å²) in [7, 11) is 0. The second-order valence-electron chi connectivity index (χ2n) is 6.38. The summed E-state index contributed by atoms with van der Waals surface area (Å²) in [5, 5.41) is 10.4. The van der Waals surface area contributed by atoms with Crippen molar-refractivity contribution in [2.24, 2.45) is 0 Å². The van der Waals surface area contributed by atoms with Gasteiger partial charge in [0.05, 0.1) is 11.0 Å². The minimum Gasteiger partial charge on any atom is -0.507 e. The minimum atomic E-state index is -0.406. The molecule has 4 rings (SSSR count). The van der Waals surface area contributed by atoms with Crippen LogP contribution in [-0.2, 0) is 12.8 Å². The van der Waals surface area contributed by atoms with E-state index >= 15 is 0 Å². The number of nitrogens with zero attached hydrogens (tertiary/aromatic N) is 1. The summed E-state index contributed by atoms with van der Waals surface area (Å²) in [4.78, 5) is 7.95. The summed E-state index contributed by atoms with van der Waals surface area (Å²) < 4.78 is 13.8. The minimum absolute atomic E-state index is 0.0110. The van der Waals surface area contributed by atoms with Gasteiger partial charge < -0.3 is 10.1 Å². The van der Waals surface area contributed by atoms with Gasteiger partial charge in [-0.2, -0.15) is 0 Å². The number of phenols is 1. The third-order valence-corrected chi connectivity index (χ3v) is 4.67. The van der Waals surface area contributed by atoms with Crippen LogP contribution in [-0.4, -0.2) is 15.1 Å². The first-order valence-electron chi connectivity index (χ1n) is 8.48. The van der Waals surface area contributed by atoms with Crippen molar-refractivity contribution < 1.29 is 9.50 Å². The molecule has 3 nitrogen and oxygen atoms in total. The molecule has 0 radical (unpaired) electrons. The van der Waals surface area contributed by atoms with Crippen LogP contribution in [0.4, 0.5) is 4.39 Å². The second kappa shape index (κ2) is 6.20. The quantitative estimate of drug-likeness (QED) is 0.714. The molecule has 1 heterocycles. The highest BCUT2D eigenvalue weighted by atomic mass is 19.1. The third-order valence-electron chi connectivity index (χ3n) is 4.67. The van der Waals surface area contributed by atoms with Crippen molar-refractivity contribution in [2.75, 3.05) is 0 Å². The molecule has 0 aliphatic heterocycles. The van der Waals surface area contributed by atoms with Gasteiger partial charge in [-0.25, -0.2) is 9.37 Å². The van der Waals surface area contributed by atoms with E-state index in [1.165, 1.54) is 17.7 Å². The number of H-pyrrole nitrogens is 1. The van der Waals surface area contributed by atoms with Gasteiger partial charge >= 0.3 is 0 Å². The lowest BCUT2D eigenvalue weighted by molar-refractivity contribution is 0.466. The van der Waals surface area contributed by atoms with Crippen LogP contribution in [0.25, 0.3) is 16.6 Å². The van der Waals surface area contributed by atoms with Gasteiger partial charge in [-0.3, -0.25) is 0 Å². The Bertz CT molecular complexity index is 981. The zero-order valence-corrected chi connectivity index (χ0v) is 14.0. The second-order valence-corrected chi connectivity index (χ2v) is 6.38. The lowest BCUT2D eigenvalue weighted by atomic mass is 9.94. The largest absolute Gasteiger partial charge is 0.507 e. The molecule has 2 N–H and O–H groups in total. The standard InChI is InChI=1S/C21H19FN2O/c1-2-13-7-8-14(21-15(9-13)10-16(22)12-19(21)25)11-20-23-17-5-3-4-6-18(17)24-20/h3-8,10,12,25H,2,9,11H2,1H3,(H,23,24). The van der Waals surface area contributed by atoms with Gasteiger partial charge in [-0.1, -0.05) is 36.8 Å². The third kappa shape index (κ3) is 2.95. The van der Waals surface area contributed by atoms with Crippen LogP contribution < -0.4 is 0 Å². The maximum atomic E-state index is 13.8. The molecule has 2 aromatic carbocycles. The van der Waals surface area contributed by atoms with E-state index in [4.69, 9.17) is 0 Å². The van der Waals surface area contributed by atoms with Gasteiger partial charge in [0.2, 0.25) is 0 Å². The van der Waals surface area contributed by atoms with E-state index in [9.17, 15) is 9.50 Å². The fourth-order valence-electron chi connectivity index (χ4n) is 3.42. The van der Waals surface area contributed by atoms with Crippen molar-refractivity contribution in [2.45, 2.75) is 26.2 Å². The predicted octanol–water partition coefficient (Wildman–Crippen LogP) is 4.93. The lowest BCUT2D eigenvalue weighted by Crippen LogP contribution is -1.99. The number of imidazole rings is 1. The summed E-state index contributed by atoms with van der Waals surface area (Å²) in [5.41, 5.74) is 5.60. The Morgan fingerprint density at radius 2 is 2.04 bits per heavy atom. The highest BCUT2D eigenvalue weighted by Crippen LogP contribution is 2.35. The highest BCUT2D eigenvalue weighted by molar-refractivity contribution is 5.79. The van der Waals surface area contributed by atoms with Gasteiger partial charge in [0.25, 0.3) is 0 Å². The number of hydrogen-bond donors (Lipinski definition) is 2. The maximum absolute atomic E-state index is 13.8. The number of para-hydroxylation sites is 2. The van der Waals surface area contributed by atoms with Crippen molar-refractivity contribution in [1.29, 1.82) is 0 Å². The molecule has 1 aliphatic carbocycles. The monoisotopic (exact) mass is 334 g/mol. The summed E-state index contributed by atoms with van der Waals surface area (Å²) >= 11 is 0. The van der Waals surface area contributed by atoms with E-state index in [-0.39, 0.29) is 5.75 Å². The van der Waals surface area contributed by atoms with Crippen LogP contribution in [0.2, 0.25) is 0 Å². The first kappa shape index (κ1) is 15.6. The Labute approximate surface area is 145 Å². The van der Waals surface area contributed by atoms with Gasteiger partial charge in [0, 0.05) is 18.1 Å². The molecule has 0 saturated heterocycles. The number of nitrogens with one attached hydrogen (secondary N) is 1. The van der Waals surface area contributed by atoms with Crippen molar-refractivity contribution >= 4 is 16.6 Å². The summed E-state index contributed by atoms with van der Waals surface area (Å²) in [6, 6.07) is 10.6. The van der Waals surface area contributed by atoms with Crippen molar-refractivity contribution in [3.63, 3.8) is 0 Å². The molecule has 3 aromatic rings.